The maximum atomic E-state index is 12.1. The number of thiazole rings is 1. The summed E-state index contributed by atoms with van der Waals surface area (Å²) < 4.78 is 5.16. The van der Waals surface area contributed by atoms with E-state index in [-0.39, 0.29) is 5.91 Å². The number of rotatable bonds is 3. The van der Waals surface area contributed by atoms with Crippen LogP contribution in [0.15, 0.2) is 40.5 Å². The molecule has 0 unspecified atom stereocenters. The van der Waals surface area contributed by atoms with Gasteiger partial charge in [0, 0.05) is 43.8 Å². The van der Waals surface area contributed by atoms with Crippen LogP contribution >= 0.6 is 11.3 Å². The lowest BCUT2D eigenvalue weighted by Gasteiger charge is -2.34. The van der Waals surface area contributed by atoms with Crippen molar-refractivity contribution in [3.63, 3.8) is 0 Å². The minimum absolute atomic E-state index is 0.0280. The van der Waals surface area contributed by atoms with Crippen LogP contribution in [0.1, 0.15) is 5.76 Å². The zero-order valence-corrected chi connectivity index (χ0v) is 11.8. The second-order valence-electron chi connectivity index (χ2n) is 4.48. The lowest BCUT2D eigenvalue weighted by Crippen LogP contribution is -2.48. The molecular formula is C14H15N3O2S. The van der Waals surface area contributed by atoms with E-state index in [1.807, 2.05) is 22.5 Å². The van der Waals surface area contributed by atoms with E-state index in [1.165, 1.54) is 0 Å². The van der Waals surface area contributed by atoms with E-state index >= 15 is 0 Å². The monoisotopic (exact) mass is 289 g/mol. The van der Waals surface area contributed by atoms with Crippen molar-refractivity contribution in [3.8, 4) is 0 Å². The van der Waals surface area contributed by atoms with Gasteiger partial charge in [-0.15, -0.1) is 11.3 Å². The van der Waals surface area contributed by atoms with Crippen LogP contribution in [-0.4, -0.2) is 42.0 Å². The van der Waals surface area contributed by atoms with E-state index < -0.39 is 0 Å². The van der Waals surface area contributed by atoms with Gasteiger partial charge < -0.3 is 14.2 Å². The molecule has 2 aromatic rings. The Hall–Kier alpha value is -2.08. The number of nitrogens with zero attached hydrogens (tertiary/aromatic N) is 3. The Morgan fingerprint density at radius 2 is 2.20 bits per heavy atom. The molecule has 0 spiro atoms. The fraction of sp³-hybridized carbons (Fsp3) is 0.286. The average Bonchev–Trinajstić information content (AvgIpc) is 3.18. The van der Waals surface area contributed by atoms with E-state index in [0.717, 1.165) is 31.3 Å². The van der Waals surface area contributed by atoms with Gasteiger partial charge in [0.15, 0.2) is 5.13 Å². The molecule has 0 N–H and O–H groups in total. The van der Waals surface area contributed by atoms with Crippen molar-refractivity contribution < 1.29 is 9.21 Å². The molecule has 0 aromatic carbocycles. The third-order valence-corrected chi connectivity index (χ3v) is 4.05. The molecule has 1 fully saturated rings. The van der Waals surface area contributed by atoms with E-state index in [1.54, 1.807) is 35.8 Å². The lowest BCUT2D eigenvalue weighted by molar-refractivity contribution is -0.126. The summed E-state index contributed by atoms with van der Waals surface area (Å²) in [5.74, 6) is 0.722. The fourth-order valence-electron chi connectivity index (χ4n) is 2.14. The summed E-state index contributed by atoms with van der Waals surface area (Å²) in [6.07, 6.45) is 6.67. The van der Waals surface area contributed by atoms with Gasteiger partial charge >= 0.3 is 0 Å². The van der Waals surface area contributed by atoms with Crippen molar-refractivity contribution in [2.75, 3.05) is 31.1 Å². The number of carbonyl (C=O) groups excluding carboxylic acids is 1. The first-order valence-electron chi connectivity index (χ1n) is 6.48. The molecule has 20 heavy (non-hydrogen) atoms. The van der Waals surface area contributed by atoms with Crippen molar-refractivity contribution in [3.05, 3.63) is 41.8 Å². The minimum atomic E-state index is 0.0280. The zero-order chi connectivity index (χ0) is 13.8. The SMILES string of the molecule is O=C(C=Cc1ccco1)N1CCN(c2nccs2)CC1. The molecule has 0 bridgehead atoms. The summed E-state index contributed by atoms with van der Waals surface area (Å²) in [6.45, 7) is 3.10. The summed E-state index contributed by atoms with van der Waals surface area (Å²) in [6, 6.07) is 3.63. The molecule has 104 valence electrons. The van der Waals surface area contributed by atoms with Crippen molar-refractivity contribution >= 4 is 28.5 Å². The average molecular weight is 289 g/mol. The summed E-state index contributed by atoms with van der Waals surface area (Å²) in [4.78, 5) is 20.4. The highest BCUT2D eigenvalue weighted by molar-refractivity contribution is 7.13. The summed E-state index contributed by atoms with van der Waals surface area (Å²) in [5, 5.41) is 3.00. The predicted molar refractivity (Wildman–Crippen MR) is 78.6 cm³/mol. The van der Waals surface area contributed by atoms with Crippen molar-refractivity contribution in [1.29, 1.82) is 0 Å². The maximum Gasteiger partial charge on any atom is 0.246 e. The third-order valence-electron chi connectivity index (χ3n) is 3.21. The number of piperazine rings is 1. The molecule has 3 heterocycles. The van der Waals surface area contributed by atoms with Crippen LogP contribution in [0, 0.1) is 0 Å². The van der Waals surface area contributed by atoms with Gasteiger partial charge in [-0.2, -0.15) is 0 Å². The first-order valence-corrected chi connectivity index (χ1v) is 7.36. The van der Waals surface area contributed by atoms with Gasteiger partial charge in [0.2, 0.25) is 5.91 Å². The van der Waals surface area contributed by atoms with Gasteiger partial charge in [-0.25, -0.2) is 4.98 Å². The maximum absolute atomic E-state index is 12.1. The highest BCUT2D eigenvalue weighted by Gasteiger charge is 2.20. The van der Waals surface area contributed by atoms with Crippen LogP contribution in [0.4, 0.5) is 5.13 Å². The minimum Gasteiger partial charge on any atom is -0.465 e. The Morgan fingerprint density at radius 3 is 2.85 bits per heavy atom. The second-order valence-corrected chi connectivity index (χ2v) is 5.35. The van der Waals surface area contributed by atoms with Crippen LogP contribution in [0.25, 0.3) is 6.08 Å². The van der Waals surface area contributed by atoms with Gasteiger partial charge in [-0.3, -0.25) is 4.79 Å². The Balaban J connectivity index is 1.54. The van der Waals surface area contributed by atoms with E-state index in [2.05, 4.69) is 9.88 Å². The van der Waals surface area contributed by atoms with Crippen LogP contribution in [-0.2, 0) is 4.79 Å². The molecule has 1 aliphatic rings. The Morgan fingerprint density at radius 1 is 1.35 bits per heavy atom. The van der Waals surface area contributed by atoms with Crippen LogP contribution in [0.2, 0.25) is 0 Å². The lowest BCUT2D eigenvalue weighted by atomic mass is 10.3. The van der Waals surface area contributed by atoms with Gasteiger partial charge in [-0.1, -0.05) is 0 Å². The summed E-state index contributed by atoms with van der Waals surface area (Å²) in [5.41, 5.74) is 0. The highest BCUT2D eigenvalue weighted by Crippen LogP contribution is 2.19. The first-order chi connectivity index (χ1) is 9.83. The van der Waals surface area contributed by atoms with Gasteiger partial charge in [0.1, 0.15) is 5.76 Å². The van der Waals surface area contributed by atoms with Crippen LogP contribution < -0.4 is 4.90 Å². The smallest absolute Gasteiger partial charge is 0.246 e. The predicted octanol–water partition coefficient (Wildman–Crippen LogP) is 2.10. The normalized spacial score (nSPS) is 16.0. The molecule has 3 rings (SSSR count). The molecule has 1 amide bonds. The van der Waals surface area contributed by atoms with Crippen LogP contribution in [0.3, 0.4) is 0 Å². The molecule has 1 saturated heterocycles. The van der Waals surface area contributed by atoms with E-state index in [0.29, 0.717) is 5.76 Å². The Labute approximate surface area is 121 Å². The molecule has 0 aliphatic carbocycles. The number of furan rings is 1. The standard InChI is InChI=1S/C14H15N3O2S/c18-13(4-3-12-2-1-10-19-12)16-6-8-17(9-7-16)14-15-5-11-20-14/h1-5,10-11H,6-9H2. The van der Waals surface area contributed by atoms with Crippen molar-refractivity contribution in [1.82, 2.24) is 9.88 Å². The number of hydrogen-bond donors (Lipinski definition) is 0. The molecule has 0 radical (unpaired) electrons. The fourth-order valence-corrected chi connectivity index (χ4v) is 2.83. The molecule has 6 heteroatoms. The molecule has 0 atom stereocenters. The quantitative estimate of drug-likeness (QED) is 0.812. The molecule has 5 nitrogen and oxygen atoms in total. The first kappa shape index (κ1) is 12.9. The Kier molecular flexibility index (Phi) is 3.83. The number of carbonyl (C=O) groups is 1. The number of anilines is 1. The molecule has 2 aromatic heterocycles. The van der Waals surface area contributed by atoms with E-state index in [4.69, 9.17) is 4.42 Å². The summed E-state index contributed by atoms with van der Waals surface area (Å²) in [7, 11) is 0. The number of amides is 1. The van der Waals surface area contributed by atoms with Crippen LogP contribution in [0.5, 0.6) is 0 Å². The summed E-state index contributed by atoms with van der Waals surface area (Å²) >= 11 is 1.63. The van der Waals surface area contributed by atoms with Crippen molar-refractivity contribution in [2.45, 2.75) is 0 Å². The largest absolute Gasteiger partial charge is 0.465 e. The second kappa shape index (κ2) is 5.92. The molecule has 1 aliphatic heterocycles. The number of hydrogen-bond acceptors (Lipinski definition) is 5. The highest BCUT2D eigenvalue weighted by atomic mass is 32.1. The van der Waals surface area contributed by atoms with Gasteiger partial charge in [-0.05, 0) is 18.2 Å². The van der Waals surface area contributed by atoms with Gasteiger partial charge in [0.25, 0.3) is 0 Å². The third kappa shape index (κ3) is 2.91. The Bertz CT molecular complexity index is 570. The van der Waals surface area contributed by atoms with Gasteiger partial charge in [0.05, 0.1) is 6.26 Å². The van der Waals surface area contributed by atoms with Crippen molar-refractivity contribution in [2.24, 2.45) is 0 Å². The molecule has 0 saturated carbocycles. The topological polar surface area (TPSA) is 49.6 Å². The van der Waals surface area contributed by atoms with E-state index in [9.17, 15) is 4.79 Å². The zero-order valence-electron chi connectivity index (χ0n) is 10.9. The number of aromatic nitrogens is 1. The molecular weight excluding hydrogens is 274 g/mol.